The highest BCUT2D eigenvalue weighted by molar-refractivity contribution is 5.97. The van der Waals surface area contributed by atoms with Gasteiger partial charge in [-0.3, -0.25) is 10.1 Å². The van der Waals surface area contributed by atoms with Gasteiger partial charge in [-0.05, 0) is 44.9 Å². The number of esters is 1. The van der Waals surface area contributed by atoms with E-state index in [4.69, 9.17) is 14.2 Å². The number of methoxy groups -OCH3 is 1. The summed E-state index contributed by atoms with van der Waals surface area (Å²) in [5.74, 6) is -0.495. The van der Waals surface area contributed by atoms with Crippen molar-refractivity contribution in [3.8, 4) is 11.5 Å². The summed E-state index contributed by atoms with van der Waals surface area (Å²) in [4.78, 5) is 35.6. The first-order valence-electron chi connectivity index (χ1n) is 9.01. The number of rotatable bonds is 7. The lowest BCUT2D eigenvalue weighted by molar-refractivity contribution is -0.123. The smallest absolute Gasteiger partial charge is 0.338 e. The van der Waals surface area contributed by atoms with E-state index in [1.165, 1.54) is 19.2 Å². The summed E-state index contributed by atoms with van der Waals surface area (Å²) in [6.07, 6.45) is 3.92. The second kappa shape index (κ2) is 9.80. The molecule has 0 atom stereocenters. The number of ether oxygens (including phenoxy) is 3. The molecule has 0 radical (unpaired) electrons. The maximum absolute atomic E-state index is 12.1. The molecule has 0 bridgehead atoms. The van der Waals surface area contributed by atoms with Gasteiger partial charge in [0.25, 0.3) is 5.91 Å². The van der Waals surface area contributed by atoms with Crippen molar-refractivity contribution in [1.29, 1.82) is 0 Å². The van der Waals surface area contributed by atoms with Gasteiger partial charge in [0, 0.05) is 6.04 Å². The average molecular weight is 378 g/mol. The molecule has 0 aromatic heterocycles. The van der Waals surface area contributed by atoms with Crippen LogP contribution >= 0.6 is 0 Å². The van der Waals surface area contributed by atoms with Crippen LogP contribution in [0.4, 0.5) is 4.79 Å². The number of imide groups is 1. The number of urea groups is 1. The van der Waals surface area contributed by atoms with Gasteiger partial charge in [-0.2, -0.15) is 0 Å². The van der Waals surface area contributed by atoms with Crippen LogP contribution in [0.5, 0.6) is 11.5 Å². The van der Waals surface area contributed by atoms with Crippen molar-refractivity contribution >= 4 is 17.9 Å². The third-order valence-corrected chi connectivity index (χ3v) is 4.04. The van der Waals surface area contributed by atoms with Crippen LogP contribution in [-0.4, -0.2) is 43.8 Å². The summed E-state index contributed by atoms with van der Waals surface area (Å²) in [5, 5.41) is 4.88. The molecule has 1 aliphatic rings. The Bertz CT molecular complexity index is 683. The maximum atomic E-state index is 12.1. The van der Waals surface area contributed by atoms with Crippen LogP contribution in [0.2, 0.25) is 0 Å². The maximum Gasteiger partial charge on any atom is 0.338 e. The number of nitrogens with one attached hydrogen (secondary N) is 2. The Hall–Kier alpha value is -2.77. The van der Waals surface area contributed by atoms with Crippen LogP contribution in [-0.2, 0) is 9.53 Å². The third-order valence-electron chi connectivity index (χ3n) is 4.04. The molecule has 1 aromatic rings. The molecule has 0 heterocycles. The molecule has 1 saturated carbocycles. The summed E-state index contributed by atoms with van der Waals surface area (Å²) in [6, 6.07) is 4.13. The van der Waals surface area contributed by atoms with Gasteiger partial charge in [-0.1, -0.05) is 12.8 Å². The van der Waals surface area contributed by atoms with Crippen LogP contribution < -0.4 is 20.1 Å². The molecule has 8 nitrogen and oxygen atoms in total. The fourth-order valence-corrected chi connectivity index (χ4v) is 2.81. The van der Waals surface area contributed by atoms with E-state index in [2.05, 4.69) is 10.6 Å². The van der Waals surface area contributed by atoms with E-state index in [1.807, 2.05) is 13.8 Å². The predicted octanol–water partition coefficient (Wildman–Crippen LogP) is 2.41. The fraction of sp³-hybridized carbons (Fsp3) is 0.526. The molecule has 0 aliphatic heterocycles. The molecule has 1 aliphatic carbocycles. The normalized spacial score (nSPS) is 13.9. The summed E-state index contributed by atoms with van der Waals surface area (Å²) in [5.41, 5.74) is 0.214. The fourth-order valence-electron chi connectivity index (χ4n) is 2.81. The highest BCUT2D eigenvalue weighted by atomic mass is 16.5. The molecule has 148 valence electrons. The molecular formula is C19H26N2O6. The standard InChI is InChI=1S/C19H26N2O6/c1-12(2)27-15-9-8-13(10-16(15)25-3)18(23)26-11-17(22)21-19(24)20-14-6-4-5-7-14/h8-10,12,14H,4-7,11H2,1-3H3,(H2,20,21,22,24). The van der Waals surface area contributed by atoms with Crippen LogP contribution in [0.15, 0.2) is 18.2 Å². The zero-order valence-electron chi connectivity index (χ0n) is 15.9. The van der Waals surface area contributed by atoms with E-state index < -0.39 is 24.5 Å². The summed E-state index contributed by atoms with van der Waals surface area (Å²) in [7, 11) is 1.47. The topological polar surface area (TPSA) is 103 Å². The molecular weight excluding hydrogens is 352 g/mol. The minimum Gasteiger partial charge on any atom is -0.493 e. The van der Waals surface area contributed by atoms with Gasteiger partial charge in [-0.25, -0.2) is 9.59 Å². The van der Waals surface area contributed by atoms with Crippen LogP contribution in [0.25, 0.3) is 0 Å². The second-order valence-electron chi connectivity index (χ2n) is 6.61. The largest absolute Gasteiger partial charge is 0.493 e. The van der Waals surface area contributed by atoms with Crippen molar-refractivity contribution in [2.45, 2.75) is 51.7 Å². The summed E-state index contributed by atoms with van der Waals surface area (Å²) < 4.78 is 15.7. The second-order valence-corrected chi connectivity index (χ2v) is 6.61. The van der Waals surface area contributed by atoms with Crippen molar-refractivity contribution in [1.82, 2.24) is 10.6 Å². The molecule has 27 heavy (non-hydrogen) atoms. The summed E-state index contributed by atoms with van der Waals surface area (Å²) in [6.45, 7) is 3.20. The quantitative estimate of drug-likeness (QED) is 0.706. The number of benzene rings is 1. The highest BCUT2D eigenvalue weighted by Gasteiger charge is 2.19. The van der Waals surface area contributed by atoms with Crippen molar-refractivity contribution in [2.24, 2.45) is 0 Å². The Morgan fingerprint density at radius 2 is 1.85 bits per heavy atom. The Kier molecular flexibility index (Phi) is 7.45. The number of hydrogen-bond acceptors (Lipinski definition) is 6. The zero-order valence-corrected chi connectivity index (χ0v) is 15.9. The Balaban J connectivity index is 1.83. The average Bonchev–Trinajstić information content (AvgIpc) is 3.12. The first-order valence-corrected chi connectivity index (χ1v) is 9.01. The first-order chi connectivity index (χ1) is 12.9. The lowest BCUT2D eigenvalue weighted by Crippen LogP contribution is -2.44. The van der Waals surface area contributed by atoms with Gasteiger partial charge < -0.3 is 19.5 Å². The molecule has 1 aromatic carbocycles. The first kappa shape index (κ1) is 20.5. The lowest BCUT2D eigenvalue weighted by Gasteiger charge is -2.14. The van der Waals surface area contributed by atoms with Gasteiger partial charge in [0.05, 0.1) is 18.8 Å². The van der Waals surface area contributed by atoms with Gasteiger partial charge in [-0.15, -0.1) is 0 Å². The molecule has 1 fully saturated rings. The van der Waals surface area contributed by atoms with E-state index >= 15 is 0 Å². The zero-order chi connectivity index (χ0) is 19.8. The highest BCUT2D eigenvalue weighted by Crippen LogP contribution is 2.29. The van der Waals surface area contributed by atoms with Gasteiger partial charge in [0.15, 0.2) is 18.1 Å². The van der Waals surface area contributed by atoms with Crippen molar-refractivity contribution < 1.29 is 28.6 Å². The van der Waals surface area contributed by atoms with Crippen molar-refractivity contribution in [2.75, 3.05) is 13.7 Å². The minimum atomic E-state index is -0.698. The molecule has 0 saturated heterocycles. The summed E-state index contributed by atoms with van der Waals surface area (Å²) >= 11 is 0. The van der Waals surface area contributed by atoms with Gasteiger partial charge in [0.2, 0.25) is 0 Å². The van der Waals surface area contributed by atoms with E-state index in [1.54, 1.807) is 6.07 Å². The van der Waals surface area contributed by atoms with E-state index in [9.17, 15) is 14.4 Å². The van der Waals surface area contributed by atoms with E-state index in [0.29, 0.717) is 11.5 Å². The third kappa shape index (κ3) is 6.47. The molecule has 2 N–H and O–H groups in total. The predicted molar refractivity (Wildman–Crippen MR) is 98.0 cm³/mol. The van der Waals surface area contributed by atoms with E-state index in [0.717, 1.165) is 25.7 Å². The monoisotopic (exact) mass is 378 g/mol. The Morgan fingerprint density at radius 3 is 2.48 bits per heavy atom. The van der Waals surface area contributed by atoms with Crippen molar-refractivity contribution in [3.63, 3.8) is 0 Å². The molecule has 8 heteroatoms. The molecule has 0 spiro atoms. The number of carbonyl (C=O) groups excluding carboxylic acids is 3. The van der Waals surface area contributed by atoms with Crippen LogP contribution in [0.3, 0.4) is 0 Å². The van der Waals surface area contributed by atoms with E-state index in [-0.39, 0.29) is 17.7 Å². The molecule has 0 unspecified atom stereocenters. The number of carbonyl (C=O) groups is 3. The van der Waals surface area contributed by atoms with Crippen LogP contribution in [0, 0.1) is 0 Å². The van der Waals surface area contributed by atoms with Crippen molar-refractivity contribution in [3.05, 3.63) is 23.8 Å². The Labute approximate surface area is 158 Å². The van der Waals surface area contributed by atoms with Gasteiger partial charge >= 0.3 is 12.0 Å². The molecule has 3 amide bonds. The minimum absolute atomic E-state index is 0.0456. The lowest BCUT2D eigenvalue weighted by atomic mass is 10.2. The van der Waals surface area contributed by atoms with Gasteiger partial charge in [0.1, 0.15) is 0 Å². The SMILES string of the molecule is COc1cc(C(=O)OCC(=O)NC(=O)NC2CCCC2)ccc1OC(C)C. The molecule has 2 rings (SSSR count). The van der Waals surface area contributed by atoms with Crippen LogP contribution in [0.1, 0.15) is 49.9 Å². The Morgan fingerprint density at radius 1 is 1.15 bits per heavy atom. The number of amides is 3. The number of hydrogen-bond donors (Lipinski definition) is 2.